The predicted octanol–water partition coefficient (Wildman–Crippen LogP) is 3.07. The Morgan fingerprint density at radius 2 is 2.00 bits per heavy atom. The van der Waals surface area contributed by atoms with Gasteiger partial charge in [0.1, 0.15) is 0 Å². The summed E-state index contributed by atoms with van der Waals surface area (Å²) in [6.45, 7) is 0.883. The van der Waals surface area contributed by atoms with Crippen LogP contribution in [0.3, 0.4) is 0 Å². The van der Waals surface area contributed by atoms with Crippen molar-refractivity contribution in [2.24, 2.45) is 0 Å². The summed E-state index contributed by atoms with van der Waals surface area (Å²) in [5.74, 6) is -0.0697. The van der Waals surface area contributed by atoms with Crippen molar-refractivity contribution in [3.8, 4) is 0 Å². The molecule has 2 rings (SSSR count). The average molecular weight is 273 g/mol. The first kappa shape index (κ1) is 12.7. The molecule has 1 heterocycles. The van der Waals surface area contributed by atoms with E-state index in [1.807, 2.05) is 0 Å². The van der Waals surface area contributed by atoms with E-state index in [2.05, 4.69) is 10.6 Å². The highest BCUT2D eigenvalue weighted by Crippen LogP contribution is 2.30. The Hall–Kier alpha value is -0.770. The monoisotopic (exact) mass is 272 g/mol. The smallest absolute Gasteiger partial charge is 0.241 e. The molecule has 1 aliphatic heterocycles. The maximum Gasteiger partial charge on any atom is 0.241 e. The summed E-state index contributed by atoms with van der Waals surface area (Å²) in [5.41, 5.74) is 0.494. The number of carbonyl (C=O) groups excluding carboxylic acids is 1. The van der Waals surface area contributed by atoms with Crippen LogP contribution in [-0.4, -0.2) is 18.5 Å². The number of hydrogen-bond acceptors (Lipinski definition) is 2. The van der Waals surface area contributed by atoms with Gasteiger partial charge in [0.2, 0.25) is 5.91 Å². The van der Waals surface area contributed by atoms with E-state index in [4.69, 9.17) is 23.2 Å². The van der Waals surface area contributed by atoms with Crippen molar-refractivity contribution in [3.05, 3.63) is 28.2 Å². The summed E-state index contributed by atoms with van der Waals surface area (Å²) in [7, 11) is 0. The SMILES string of the molecule is O=C(Nc1c(Cl)cccc1Cl)[C@H]1CCCCN1. The molecule has 1 aromatic carbocycles. The number of benzene rings is 1. The molecule has 2 N–H and O–H groups in total. The largest absolute Gasteiger partial charge is 0.322 e. The van der Waals surface area contributed by atoms with Gasteiger partial charge in [0, 0.05) is 0 Å². The number of para-hydroxylation sites is 1. The Bertz CT molecular complexity index is 397. The van der Waals surface area contributed by atoms with Crippen LogP contribution < -0.4 is 10.6 Å². The van der Waals surface area contributed by atoms with E-state index >= 15 is 0 Å². The van der Waals surface area contributed by atoms with Gasteiger partial charge in [-0.2, -0.15) is 0 Å². The standard InChI is InChI=1S/C12H14Cl2N2O/c13-8-4-3-5-9(14)11(8)16-12(17)10-6-1-2-7-15-10/h3-5,10,15H,1-2,6-7H2,(H,16,17)/t10-/m1/s1. The number of amides is 1. The molecule has 1 atom stereocenters. The molecule has 1 aromatic rings. The Morgan fingerprint density at radius 3 is 2.59 bits per heavy atom. The van der Waals surface area contributed by atoms with E-state index in [-0.39, 0.29) is 11.9 Å². The zero-order chi connectivity index (χ0) is 12.3. The van der Waals surface area contributed by atoms with Gasteiger partial charge in [-0.3, -0.25) is 4.79 Å². The first-order valence-corrected chi connectivity index (χ1v) is 6.42. The molecular formula is C12H14Cl2N2O. The summed E-state index contributed by atoms with van der Waals surface area (Å²) >= 11 is 12.0. The third-order valence-electron chi connectivity index (χ3n) is 2.84. The van der Waals surface area contributed by atoms with Crippen LogP contribution in [0.2, 0.25) is 10.0 Å². The Balaban J connectivity index is 2.07. The van der Waals surface area contributed by atoms with Gasteiger partial charge >= 0.3 is 0 Å². The predicted molar refractivity (Wildman–Crippen MR) is 70.7 cm³/mol. The van der Waals surface area contributed by atoms with Crippen molar-refractivity contribution in [2.45, 2.75) is 25.3 Å². The van der Waals surface area contributed by atoms with Gasteiger partial charge in [-0.15, -0.1) is 0 Å². The molecule has 1 saturated heterocycles. The molecule has 0 aliphatic carbocycles. The molecule has 1 aliphatic rings. The van der Waals surface area contributed by atoms with Crippen LogP contribution in [0.15, 0.2) is 18.2 Å². The lowest BCUT2D eigenvalue weighted by molar-refractivity contribution is -0.118. The number of piperidine rings is 1. The van der Waals surface area contributed by atoms with Crippen molar-refractivity contribution in [2.75, 3.05) is 11.9 Å². The molecule has 3 nitrogen and oxygen atoms in total. The number of nitrogens with one attached hydrogen (secondary N) is 2. The maximum atomic E-state index is 12.0. The van der Waals surface area contributed by atoms with Gasteiger partial charge in [0.15, 0.2) is 0 Å². The normalized spacial score (nSPS) is 20.0. The third kappa shape index (κ3) is 3.12. The fourth-order valence-electron chi connectivity index (χ4n) is 1.90. The molecule has 0 spiro atoms. The summed E-state index contributed by atoms with van der Waals surface area (Å²) in [5, 5.41) is 6.88. The quantitative estimate of drug-likeness (QED) is 0.869. The number of halogens is 2. The topological polar surface area (TPSA) is 41.1 Å². The van der Waals surface area contributed by atoms with Crippen LogP contribution >= 0.6 is 23.2 Å². The minimum Gasteiger partial charge on any atom is -0.322 e. The second kappa shape index (κ2) is 5.71. The molecular weight excluding hydrogens is 259 g/mol. The van der Waals surface area contributed by atoms with Crippen LogP contribution in [0.25, 0.3) is 0 Å². The lowest BCUT2D eigenvalue weighted by atomic mass is 10.0. The average Bonchev–Trinajstić information content (AvgIpc) is 2.35. The van der Waals surface area contributed by atoms with E-state index < -0.39 is 0 Å². The van der Waals surface area contributed by atoms with E-state index in [0.717, 1.165) is 25.8 Å². The highest BCUT2D eigenvalue weighted by atomic mass is 35.5. The number of hydrogen-bond donors (Lipinski definition) is 2. The molecule has 1 fully saturated rings. The molecule has 17 heavy (non-hydrogen) atoms. The lowest BCUT2D eigenvalue weighted by Gasteiger charge is -2.23. The minimum atomic E-state index is -0.143. The van der Waals surface area contributed by atoms with Gasteiger partial charge in [0.05, 0.1) is 21.8 Å². The minimum absolute atomic E-state index is 0.0697. The summed E-state index contributed by atoms with van der Waals surface area (Å²) in [4.78, 5) is 12.0. The molecule has 5 heteroatoms. The van der Waals surface area contributed by atoms with Crippen LogP contribution in [0, 0.1) is 0 Å². The summed E-state index contributed by atoms with van der Waals surface area (Å²) in [6.07, 6.45) is 3.05. The van der Waals surface area contributed by atoms with E-state index in [1.54, 1.807) is 18.2 Å². The van der Waals surface area contributed by atoms with Crippen LogP contribution in [0.1, 0.15) is 19.3 Å². The molecule has 0 unspecified atom stereocenters. The van der Waals surface area contributed by atoms with Crippen molar-refractivity contribution in [1.82, 2.24) is 5.32 Å². The molecule has 1 amide bonds. The highest BCUT2D eigenvalue weighted by molar-refractivity contribution is 6.39. The number of rotatable bonds is 2. The van der Waals surface area contributed by atoms with Gasteiger partial charge in [-0.1, -0.05) is 35.7 Å². The van der Waals surface area contributed by atoms with Gasteiger partial charge in [0.25, 0.3) is 0 Å². The number of anilines is 1. The lowest BCUT2D eigenvalue weighted by Crippen LogP contribution is -2.43. The highest BCUT2D eigenvalue weighted by Gasteiger charge is 2.21. The van der Waals surface area contributed by atoms with Crippen molar-refractivity contribution >= 4 is 34.8 Å². The maximum absolute atomic E-state index is 12.0. The Morgan fingerprint density at radius 1 is 1.29 bits per heavy atom. The molecule has 0 radical (unpaired) electrons. The van der Waals surface area contributed by atoms with Gasteiger partial charge in [-0.25, -0.2) is 0 Å². The van der Waals surface area contributed by atoms with E-state index in [9.17, 15) is 4.79 Å². The Labute approximate surface area is 110 Å². The second-order valence-electron chi connectivity index (χ2n) is 4.09. The van der Waals surface area contributed by atoms with Gasteiger partial charge < -0.3 is 10.6 Å². The fraction of sp³-hybridized carbons (Fsp3) is 0.417. The van der Waals surface area contributed by atoms with Crippen LogP contribution in [-0.2, 0) is 4.79 Å². The second-order valence-corrected chi connectivity index (χ2v) is 4.90. The van der Waals surface area contributed by atoms with Crippen molar-refractivity contribution in [3.63, 3.8) is 0 Å². The van der Waals surface area contributed by atoms with Gasteiger partial charge in [-0.05, 0) is 31.5 Å². The first-order valence-electron chi connectivity index (χ1n) is 5.67. The summed E-state index contributed by atoms with van der Waals surface area (Å²) < 4.78 is 0. The van der Waals surface area contributed by atoms with E-state index in [0.29, 0.717) is 15.7 Å². The summed E-state index contributed by atoms with van der Waals surface area (Å²) in [6, 6.07) is 5.02. The first-order chi connectivity index (χ1) is 8.18. The molecule has 0 aromatic heterocycles. The zero-order valence-corrected chi connectivity index (χ0v) is 10.8. The van der Waals surface area contributed by atoms with Crippen LogP contribution in [0.5, 0.6) is 0 Å². The van der Waals surface area contributed by atoms with E-state index in [1.165, 1.54) is 0 Å². The van der Waals surface area contributed by atoms with Crippen molar-refractivity contribution < 1.29 is 4.79 Å². The zero-order valence-electron chi connectivity index (χ0n) is 9.30. The molecule has 0 bridgehead atoms. The fourth-order valence-corrected chi connectivity index (χ4v) is 2.40. The van der Waals surface area contributed by atoms with Crippen LogP contribution in [0.4, 0.5) is 5.69 Å². The Kier molecular flexibility index (Phi) is 4.26. The molecule has 0 saturated carbocycles. The van der Waals surface area contributed by atoms with Crippen molar-refractivity contribution in [1.29, 1.82) is 0 Å². The number of carbonyl (C=O) groups is 1. The third-order valence-corrected chi connectivity index (χ3v) is 3.47. The molecule has 92 valence electrons.